The van der Waals surface area contributed by atoms with Gasteiger partial charge in [0.05, 0.1) is 0 Å². The molecule has 0 spiro atoms. The first-order chi connectivity index (χ1) is 12.1. The Hall–Kier alpha value is -2.97. The zero-order valence-electron chi connectivity index (χ0n) is 12.7. The van der Waals surface area contributed by atoms with Crippen molar-refractivity contribution in [2.24, 2.45) is 0 Å². The van der Waals surface area contributed by atoms with E-state index in [2.05, 4.69) is 26.3 Å². The van der Waals surface area contributed by atoms with E-state index in [-0.39, 0.29) is 16.8 Å². The highest BCUT2D eigenvalue weighted by Gasteiger charge is 2.16. The molecular weight excluding hydrogens is 362 g/mol. The number of hydrogen-bond acceptors (Lipinski definition) is 5. The molecule has 0 radical (unpaired) electrons. The minimum atomic E-state index is -0.607. The van der Waals surface area contributed by atoms with Crippen molar-refractivity contribution in [1.82, 2.24) is 21.0 Å². The van der Waals surface area contributed by atoms with E-state index in [0.717, 1.165) is 5.69 Å². The molecule has 0 fully saturated rings. The molecule has 9 heteroatoms. The predicted molar refractivity (Wildman–Crippen MR) is 98.0 cm³/mol. The first kappa shape index (κ1) is 16.9. The second kappa shape index (κ2) is 7.73. The van der Waals surface area contributed by atoms with Crippen LogP contribution >= 0.6 is 23.8 Å². The number of carbonyl (C=O) groups excluding carboxylic acids is 1. The Morgan fingerprint density at radius 3 is 2.48 bits per heavy atom. The topological polar surface area (TPSA) is 92.1 Å². The van der Waals surface area contributed by atoms with Crippen molar-refractivity contribution < 1.29 is 9.32 Å². The SMILES string of the molecule is O=C(NNC(=S)Nc1ccccc1)c1nc(-c2ccc(Cl)cc2)no1. The molecule has 0 aliphatic carbocycles. The van der Waals surface area contributed by atoms with E-state index in [1.165, 1.54) is 0 Å². The van der Waals surface area contributed by atoms with Crippen LogP contribution in [0.2, 0.25) is 5.02 Å². The number of nitrogens with one attached hydrogen (secondary N) is 3. The average Bonchev–Trinajstić information content (AvgIpc) is 3.11. The lowest BCUT2D eigenvalue weighted by Crippen LogP contribution is -2.43. The maximum atomic E-state index is 12.0. The van der Waals surface area contributed by atoms with Crippen molar-refractivity contribution in [1.29, 1.82) is 0 Å². The van der Waals surface area contributed by atoms with Gasteiger partial charge in [-0.2, -0.15) is 4.98 Å². The molecule has 1 heterocycles. The van der Waals surface area contributed by atoms with Gasteiger partial charge < -0.3 is 9.84 Å². The van der Waals surface area contributed by atoms with Gasteiger partial charge in [-0.15, -0.1) is 0 Å². The van der Waals surface area contributed by atoms with E-state index < -0.39 is 5.91 Å². The normalized spacial score (nSPS) is 10.1. The maximum Gasteiger partial charge on any atom is 0.328 e. The third kappa shape index (κ3) is 4.52. The summed E-state index contributed by atoms with van der Waals surface area (Å²) in [5.41, 5.74) is 6.42. The van der Waals surface area contributed by atoms with Crippen LogP contribution in [0.4, 0.5) is 5.69 Å². The first-order valence-corrected chi connectivity index (χ1v) is 7.92. The highest BCUT2D eigenvalue weighted by atomic mass is 35.5. The monoisotopic (exact) mass is 373 g/mol. The zero-order chi connectivity index (χ0) is 17.6. The standard InChI is InChI=1S/C16H12ClN5O2S/c17-11-8-6-10(7-9-11)13-19-15(24-22-13)14(23)20-21-16(25)18-12-4-2-1-3-5-12/h1-9H,(H,20,23)(H2,18,21,25). The summed E-state index contributed by atoms with van der Waals surface area (Å²) < 4.78 is 4.95. The quantitative estimate of drug-likeness (QED) is 0.480. The predicted octanol–water partition coefficient (Wildman–Crippen LogP) is 3.02. The molecule has 0 unspecified atom stereocenters. The van der Waals surface area contributed by atoms with Crippen LogP contribution in [0, 0.1) is 0 Å². The third-order valence-corrected chi connectivity index (χ3v) is 3.50. The van der Waals surface area contributed by atoms with Crippen LogP contribution in [-0.2, 0) is 0 Å². The van der Waals surface area contributed by atoms with Gasteiger partial charge in [-0.05, 0) is 48.6 Å². The second-order valence-electron chi connectivity index (χ2n) is 4.83. The van der Waals surface area contributed by atoms with E-state index >= 15 is 0 Å². The summed E-state index contributed by atoms with van der Waals surface area (Å²) in [6, 6.07) is 16.1. The summed E-state index contributed by atoms with van der Waals surface area (Å²) in [6.45, 7) is 0. The molecular formula is C16H12ClN5O2S. The molecule has 0 saturated heterocycles. The largest absolute Gasteiger partial charge is 0.331 e. The fraction of sp³-hybridized carbons (Fsp3) is 0. The van der Waals surface area contributed by atoms with Crippen LogP contribution in [0.1, 0.15) is 10.7 Å². The molecule has 3 N–H and O–H groups in total. The lowest BCUT2D eigenvalue weighted by Gasteiger charge is -2.09. The van der Waals surface area contributed by atoms with Gasteiger partial charge in [0.25, 0.3) is 0 Å². The number of para-hydroxylation sites is 1. The van der Waals surface area contributed by atoms with Gasteiger partial charge in [-0.3, -0.25) is 15.6 Å². The summed E-state index contributed by atoms with van der Waals surface area (Å²) >= 11 is 10.9. The second-order valence-corrected chi connectivity index (χ2v) is 5.67. The third-order valence-electron chi connectivity index (χ3n) is 3.04. The first-order valence-electron chi connectivity index (χ1n) is 7.14. The van der Waals surface area contributed by atoms with Gasteiger partial charge in [-0.25, -0.2) is 0 Å². The van der Waals surface area contributed by atoms with Crippen LogP contribution in [0.15, 0.2) is 59.1 Å². The molecule has 25 heavy (non-hydrogen) atoms. The summed E-state index contributed by atoms with van der Waals surface area (Å²) in [7, 11) is 0. The van der Waals surface area contributed by atoms with Gasteiger partial charge in [-0.1, -0.05) is 35.0 Å². The number of nitrogens with zero attached hydrogens (tertiary/aromatic N) is 2. The number of anilines is 1. The molecule has 0 aliphatic rings. The molecule has 3 aromatic rings. The number of thiocarbonyl (C=S) groups is 1. The highest BCUT2D eigenvalue weighted by Crippen LogP contribution is 2.18. The molecule has 0 bridgehead atoms. The van der Waals surface area contributed by atoms with Crippen molar-refractivity contribution in [3.05, 3.63) is 65.5 Å². The average molecular weight is 374 g/mol. The number of rotatable bonds is 3. The van der Waals surface area contributed by atoms with E-state index in [9.17, 15) is 4.79 Å². The molecule has 7 nitrogen and oxygen atoms in total. The molecule has 126 valence electrons. The van der Waals surface area contributed by atoms with Crippen LogP contribution in [0.25, 0.3) is 11.4 Å². The summed E-state index contributed by atoms with van der Waals surface area (Å²) in [5.74, 6) is -0.517. The lowest BCUT2D eigenvalue weighted by molar-refractivity contribution is 0.0900. The van der Waals surface area contributed by atoms with E-state index in [4.69, 9.17) is 28.3 Å². The van der Waals surface area contributed by atoms with Crippen molar-refractivity contribution in [3.63, 3.8) is 0 Å². The Morgan fingerprint density at radius 1 is 1.04 bits per heavy atom. The fourth-order valence-corrected chi connectivity index (χ4v) is 2.18. The highest BCUT2D eigenvalue weighted by molar-refractivity contribution is 7.80. The molecule has 3 rings (SSSR count). The van der Waals surface area contributed by atoms with Crippen molar-refractivity contribution in [3.8, 4) is 11.4 Å². The van der Waals surface area contributed by atoms with Crippen LogP contribution < -0.4 is 16.2 Å². The molecule has 0 aliphatic heterocycles. The Balaban J connectivity index is 1.57. The van der Waals surface area contributed by atoms with E-state index in [1.807, 2.05) is 30.3 Å². The minimum Gasteiger partial charge on any atom is -0.331 e. The van der Waals surface area contributed by atoms with Gasteiger partial charge in [0.2, 0.25) is 5.82 Å². The van der Waals surface area contributed by atoms with Gasteiger partial charge >= 0.3 is 11.8 Å². The summed E-state index contributed by atoms with van der Waals surface area (Å²) in [6.07, 6.45) is 0. The van der Waals surface area contributed by atoms with Gasteiger partial charge in [0, 0.05) is 16.3 Å². The van der Waals surface area contributed by atoms with Crippen molar-refractivity contribution >= 4 is 40.5 Å². The molecule has 1 aromatic heterocycles. The number of carbonyl (C=O) groups is 1. The van der Waals surface area contributed by atoms with Gasteiger partial charge in [0.1, 0.15) is 0 Å². The van der Waals surface area contributed by atoms with E-state index in [0.29, 0.717) is 10.6 Å². The van der Waals surface area contributed by atoms with E-state index in [1.54, 1.807) is 24.3 Å². The Bertz CT molecular complexity index is 883. The Kier molecular flexibility index (Phi) is 5.22. The number of hydrazine groups is 1. The van der Waals surface area contributed by atoms with Crippen LogP contribution in [0.3, 0.4) is 0 Å². The van der Waals surface area contributed by atoms with Crippen molar-refractivity contribution in [2.75, 3.05) is 5.32 Å². The Morgan fingerprint density at radius 2 is 1.76 bits per heavy atom. The lowest BCUT2D eigenvalue weighted by atomic mass is 10.2. The number of amides is 1. The molecule has 2 aromatic carbocycles. The molecule has 0 saturated carbocycles. The number of halogens is 1. The van der Waals surface area contributed by atoms with Crippen LogP contribution in [0.5, 0.6) is 0 Å². The fourth-order valence-electron chi connectivity index (χ4n) is 1.88. The maximum absolute atomic E-state index is 12.0. The van der Waals surface area contributed by atoms with Crippen LogP contribution in [-0.4, -0.2) is 21.2 Å². The van der Waals surface area contributed by atoms with Gasteiger partial charge in [0.15, 0.2) is 5.11 Å². The molecule has 1 amide bonds. The summed E-state index contributed by atoms with van der Waals surface area (Å²) in [5, 5.41) is 7.49. The number of benzene rings is 2. The van der Waals surface area contributed by atoms with Crippen molar-refractivity contribution in [2.45, 2.75) is 0 Å². The molecule has 0 atom stereocenters. The smallest absolute Gasteiger partial charge is 0.328 e. The number of aromatic nitrogens is 2. The number of hydrogen-bond donors (Lipinski definition) is 3. The zero-order valence-corrected chi connectivity index (χ0v) is 14.3. The Labute approximate surface area is 153 Å². The summed E-state index contributed by atoms with van der Waals surface area (Å²) in [4.78, 5) is 16.1. The minimum absolute atomic E-state index is 0.194.